The summed E-state index contributed by atoms with van der Waals surface area (Å²) in [5.41, 5.74) is 7.54. The van der Waals surface area contributed by atoms with Gasteiger partial charge in [0.25, 0.3) is 15.0 Å². The Hall–Kier alpha value is -3.04. The van der Waals surface area contributed by atoms with E-state index in [1.165, 1.54) is 38.2 Å². The van der Waals surface area contributed by atoms with E-state index < -0.39 is 76.6 Å². The molecule has 0 aliphatic carbocycles. The van der Waals surface area contributed by atoms with Gasteiger partial charge in [-0.2, -0.15) is 0 Å². The number of nitrogens with one attached hydrogen (secondary N) is 1. The lowest BCUT2D eigenvalue weighted by Gasteiger charge is -2.30. The van der Waals surface area contributed by atoms with E-state index in [1.54, 1.807) is 10.8 Å². The SMILES string of the molecule is BP1(=O)OCC2OC(n3cnc4c(N)ncnc43)C(F)C2OP(=O)(S)OCC2OC(n3cc4c5c(ncnc53)NC(=O)CC4)C(OC)C2O1. The molecule has 0 aromatic carbocycles. The monoisotopic (exact) mass is 739 g/mol. The van der Waals surface area contributed by atoms with Crippen molar-refractivity contribution < 1.29 is 50.6 Å². The molecule has 24 heteroatoms. The van der Waals surface area contributed by atoms with Crippen molar-refractivity contribution in [2.45, 2.75) is 62.0 Å². The van der Waals surface area contributed by atoms with Crippen LogP contribution >= 0.6 is 26.5 Å². The molecular weight excluding hydrogens is 710 g/mol. The topological polar surface area (TPSA) is 228 Å². The van der Waals surface area contributed by atoms with Crippen LogP contribution in [0.3, 0.4) is 0 Å². The predicted molar refractivity (Wildman–Crippen MR) is 172 cm³/mol. The van der Waals surface area contributed by atoms with Gasteiger partial charge in [-0.1, -0.05) is 12.2 Å². The molecule has 3 saturated heterocycles. The van der Waals surface area contributed by atoms with E-state index in [2.05, 4.69) is 42.5 Å². The van der Waals surface area contributed by atoms with Crippen molar-refractivity contribution in [2.75, 3.05) is 31.4 Å². The molecule has 0 spiro atoms. The largest absolute Gasteiger partial charge is 0.386 e. The minimum Gasteiger partial charge on any atom is -0.382 e. The zero-order chi connectivity index (χ0) is 34.2. The van der Waals surface area contributed by atoms with Crippen LogP contribution in [0.25, 0.3) is 22.2 Å². The van der Waals surface area contributed by atoms with Crippen LogP contribution in [-0.4, -0.2) is 105 Å². The van der Waals surface area contributed by atoms with Crippen molar-refractivity contribution in [3.8, 4) is 0 Å². The number of imidazole rings is 1. The van der Waals surface area contributed by atoms with Gasteiger partial charge >= 0.3 is 6.80 Å². The van der Waals surface area contributed by atoms with Crippen molar-refractivity contribution in [1.29, 1.82) is 0 Å². The maximum Gasteiger partial charge on any atom is 0.386 e. The number of hydrogen-bond donors (Lipinski definition) is 3. The van der Waals surface area contributed by atoms with Crippen LogP contribution < -0.4 is 11.1 Å². The number of carbonyl (C=O) groups is 1. The number of rotatable bonds is 3. The van der Waals surface area contributed by atoms with Crippen molar-refractivity contribution in [3.63, 3.8) is 0 Å². The molecular formula is C25H29BFN9O10P2S. The summed E-state index contributed by atoms with van der Waals surface area (Å²) >= 11 is 4.13. The highest BCUT2D eigenvalue weighted by Crippen LogP contribution is 2.58. The molecule has 8 heterocycles. The first-order valence-corrected chi connectivity index (χ1v) is 19.7. The third-order valence-electron chi connectivity index (χ3n) is 8.77. The molecule has 10 atom stereocenters. The van der Waals surface area contributed by atoms with Gasteiger partial charge in [0.15, 0.2) is 30.1 Å². The van der Waals surface area contributed by atoms with E-state index in [4.69, 9.17) is 38.0 Å². The molecule has 0 saturated carbocycles. The second kappa shape index (κ2) is 12.3. The lowest BCUT2D eigenvalue weighted by Crippen LogP contribution is -2.39. The molecule has 4 aliphatic rings. The van der Waals surface area contributed by atoms with Crippen molar-refractivity contribution in [2.24, 2.45) is 0 Å². The summed E-state index contributed by atoms with van der Waals surface area (Å²) in [6.07, 6.45) is -3.95. The molecule has 19 nitrogen and oxygen atoms in total. The normalized spacial score (nSPS) is 36.8. The number of carbonyl (C=O) groups excluding carboxylic acids is 1. The average molecular weight is 739 g/mol. The summed E-state index contributed by atoms with van der Waals surface area (Å²) in [4.78, 5) is 33.1. The Bertz CT molecular complexity index is 2060. The summed E-state index contributed by atoms with van der Waals surface area (Å²) in [5.74, 6) is 0.267. The first-order valence-electron chi connectivity index (χ1n) is 15.0. The Morgan fingerprint density at radius 1 is 1.00 bits per heavy atom. The number of thiol groups is 1. The highest BCUT2D eigenvalue weighted by molar-refractivity contribution is 8.44. The van der Waals surface area contributed by atoms with E-state index in [0.29, 0.717) is 23.3 Å². The lowest BCUT2D eigenvalue weighted by atomic mass is 10.1. The number of halogens is 1. The third kappa shape index (κ3) is 5.86. The number of hydrogen-bond acceptors (Lipinski definition) is 16. The number of amides is 1. The number of anilines is 2. The summed E-state index contributed by atoms with van der Waals surface area (Å²) in [7, 11) is -1.30. The fourth-order valence-electron chi connectivity index (χ4n) is 6.57. The van der Waals surface area contributed by atoms with Crippen LogP contribution in [0.4, 0.5) is 16.0 Å². The first-order chi connectivity index (χ1) is 23.4. The summed E-state index contributed by atoms with van der Waals surface area (Å²) in [5, 5.41) is 3.43. The van der Waals surface area contributed by atoms with Gasteiger partial charge in [-0.05, 0) is 12.0 Å². The molecule has 3 N–H and O–H groups in total. The maximum atomic E-state index is 16.2. The first kappa shape index (κ1) is 33.1. The second-order valence-corrected chi connectivity index (χ2v) is 16.7. The van der Waals surface area contributed by atoms with Gasteiger partial charge in [0.1, 0.15) is 60.2 Å². The van der Waals surface area contributed by atoms with E-state index in [0.717, 1.165) is 5.56 Å². The Balaban J connectivity index is 1.09. The average Bonchev–Trinajstić information content (AvgIpc) is 3.78. The smallest absolute Gasteiger partial charge is 0.382 e. The van der Waals surface area contributed by atoms with Gasteiger partial charge in [-0.15, -0.1) is 0 Å². The van der Waals surface area contributed by atoms with Crippen LogP contribution in [0.5, 0.6) is 0 Å². The number of nitrogens with zero attached hydrogens (tertiary/aromatic N) is 7. The summed E-state index contributed by atoms with van der Waals surface area (Å²) in [6, 6.07) is 0. The zero-order valence-corrected chi connectivity index (χ0v) is 28.4. The lowest BCUT2D eigenvalue weighted by molar-refractivity contribution is -0.116. The molecule has 4 aromatic heterocycles. The number of nitrogens with two attached hydrogens (primary N) is 1. The van der Waals surface area contributed by atoms with E-state index in [9.17, 15) is 13.9 Å². The molecule has 8 rings (SSSR count). The Morgan fingerprint density at radius 2 is 1.73 bits per heavy atom. The maximum absolute atomic E-state index is 16.2. The molecule has 10 unspecified atom stereocenters. The highest BCUT2D eigenvalue weighted by Gasteiger charge is 2.54. The van der Waals surface area contributed by atoms with Gasteiger partial charge in [-0.25, -0.2) is 33.9 Å². The molecule has 0 radical (unpaired) electrons. The number of methoxy groups -OCH3 is 1. The minimum absolute atomic E-state index is 0.0796. The van der Waals surface area contributed by atoms with Crippen LogP contribution in [0.1, 0.15) is 24.4 Å². The molecule has 260 valence electrons. The Morgan fingerprint density at radius 3 is 2.55 bits per heavy atom. The summed E-state index contributed by atoms with van der Waals surface area (Å²) in [6.45, 7) is -5.27. The predicted octanol–water partition coefficient (Wildman–Crippen LogP) is 1.48. The second-order valence-electron chi connectivity index (χ2n) is 11.9. The van der Waals surface area contributed by atoms with Crippen LogP contribution in [-0.2, 0) is 52.7 Å². The van der Waals surface area contributed by atoms with Crippen LogP contribution in [0, 0.1) is 0 Å². The Kier molecular flexibility index (Phi) is 8.33. The van der Waals surface area contributed by atoms with Crippen LogP contribution in [0.2, 0.25) is 0 Å². The third-order valence-corrected chi connectivity index (χ3v) is 11.6. The van der Waals surface area contributed by atoms with Crippen molar-refractivity contribution in [1.82, 2.24) is 34.1 Å². The standard InChI is InChI=1S/C25H29BFN9O10P2S/c1-40-19-18-12(44-25(19)35-4-10-2-3-13(37)34-21-14(10)22(35)31-8-30-21)6-42-48(39,49)46-17-11(5-41-47(26,38)45-18)43-24(15(17)27)36-9-33-16-20(28)29-7-32-23(16)36/h4,7-9,11-12,15,17-19,24-25H,2-3,5-6,26H2,1H3,(H,39,49)(H2,28,29,32)(H,30,31,34,37). The molecule has 1 amide bonds. The molecule has 49 heavy (non-hydrogen) atoms. The van der Waals surface area contributed by atoms with Crippen molar-refractivity contribution >= 4 is 73.8 Å². The molecule has 4 aromatic rings. The number of alkyl halides is 1. The fourth-order valence-corrected chi connectivity index (χ4v) is 9.23. The molecule has 4 aliphatic heterocycles. The number of aromatic nitrogens is 7. The van der Waals surface area contributed by atoms with Gasteiger partial charge in [0, 0.05) is 19.7 Å². The van der Waals surface area contributed by atoms with Gasteiger partial charge in [-0.3, -0.25) is 23.0 Å². The van der Waals surface area contributed by atoms with E-state index in [-0.39, 0.29) is 29.3 Å². The van der Waals surface area contributed by atoms with E-state index in [1.807, 2.05) is 0 Å². The van der Waals surface area contributed by atoms with Crippen LogP contribution in [0.15, 0.2) is 25.2 Å². The van der Waals surface area contributed by atoms with Crippen molar-refractivity contribution in [3.05, 3.63) is 30.7 Å². The Labute approximate surface area is 282 Å². The number of nitrogen functional groups attached to an aromatic ring is 1. The molecule has 3 fully saturated rings. The summed E-state index contributed by atoms with van der Waals surface area (Å²) < 4.78 is 87.9. The number of aryl methyl sites for hydroxylation is 1. The molecule has 0 bridgehead atoms. The fraction of sp³-hybridized carbons (Fsp3) is 0.520. The number of fused-ring (bicyclic) bond motifs is 3. The highest BCUT2D eigenvalue weighted by atomic mass is 32.7. The van der Waals surface area contributed by atoms with E-state index >= 15 is 4.39 Å². The van der Waals surface area contributed by atoms with Gasteiger partial charge in [0.05, 0.1) is 24.9 Å². The quantitative estimate of drug-likeness (QED) is 0.154. The van der Waals surface area contributed by atoms with Gasteiger partial charge in [0.2, 0.25) is 5.91 Å². The zero-order valence-electron chi connectivity index (χ0n) is 25.8. The number of ether oxygens (including phenoxy) is 3. The minimum atomic E-state index is -4.32. The van der Waals surface area contributed by atoms with Gasteiger partial charge < -0.3 is 38.9 Å².